The molecule has 0 radical (unpaired) electrons. The first kappa shape index (κ1) is 16.7. The highest BCUT2D eigenvalue weighted by Gasteiger charge is 2.36. The van der Waals surface area contributed by atoms with Crippen LogP contribution in [0.3, 0.4) is 0 Å². The Labute approximate surface area is 149 Å². The van der Waals surface area contributed by atoms with Gasteiger partial charge in [0, 0.05) is 37.1 Å². The number of amides is 1. The third-order valence-electron chi connectivity index (χ3n) is 4.82. The molecule has 6 nitrogen and oxygen atoms in total. The highest BCUT2D eigenvalue weighted by molar-refractivity contribution is 5.93. The van der Waals surface area contributed by atoms with Crippen LogP contribution in [0, 0.1) is 18.8 Å². The van der Waals surface area contributed by atoms with E-state index in [1.807, 2.05) is 25.1 Å². The maximum absolute atomic E-state index is 14.6. The largest absolute Gasteiger partial charge is 0.391 e. The second-order valence-electron chi connectivity index (χ2n) is 6.75. The SMILES string of the molecule is Cc1ccn2c(F)c(C(=O)N3C[C@@H](Cc4ccccn4)[C@H](O)C3)nc2c1. The molecular weight excluding hydrogens is 335 g/mol. The van der Waals surface area contributed by atoms with Crippen molar-refractivity contribution < 1.29 is 14.3 Å². The van der Waals surface area contributed by atoms with E-state index in [2.05, 4.69) is 9.97 Å². The summed E-state index contributed by atoms with van der Waals surface area (Å²) >= 11 is 0. The highest BCUT2D eigenvalue weighted by Crippen LogP contribution is 2.23. The number of aliphatic hydroxyl groups is 1. The molecule has 2 atom stereocenters. The number of aryl methyl sites for hydroxylation is 1. The molecule has 0 aliphatic carbocycles. The Hall–Kier alpha value is -2.80. The van der Waals surface area contributed by atoms with E-state index in [1.54, 1.807) is 24.5 Å². The summed E-state index contributed by atoms with van der Waals surface area (Å²) in [5, 5.41) is 10.3. The number of aromatic nitrogens is 3. The summed E-state index contributed by atoms with van der Waals surface area (Å²) in [7, 11) is 0. The molecule has 1 fully saturated rings. The molecule has 1 aliphatic rings. The van der Waals surface area contributed by atoms with Crippen LogP contribution in [0.15, 0.2) is 42.7 Å². The number of pyridine rings is 2. The average Bonchev–Trinajstić information content (AvgIpc) is 3.15. The molecule has 0 spiro atoms. The molecular formula is C19H19FN4O2. The van der Waals surface area contributed by atoms with Gasteiger partial charge >= 0.3 is 0 Å². The predicted octanol–water partition coefficient (Wildman–Crippen LogP) is 1.85. The van der Waals surface area contributed by atoms with Gasteiger partial charge in [0.05, 0.1) is 6.10 Å². The van der Waals surface area contributed by atoms with Gasteiger partial charge in [-0.25, -0.2) is 4.98 Å². The fraction of sp³-hybridized carbons (Fsp3) is 0.316. The Morgan fingerprint density at radius 3 is 2.96 bits per heavy atom. The summed E-state index contributed by atoms with van der Waals surface area (Å²) < 4.78 is 15.8. The number of hydrogen-bond donors (Lipinski definition) is 1. The van der Waals surface area contributed by atoms with Crippen LogP contribution in [0.5, 0.6) is 0 Å². The van der Waals surface area contributed by atoms with E-state index >= 15 is 0 Å². The van der Waals surface area contributed by atoms with Crippen molar-refractivity contribution in [2.24, 2.45) is 5.92 Å². The number of carbonyl (C=O) groups excluding carboxylic acids is 1. The van der Waals surface area contributed by atoms with Gasteiger partial charge in [-0.3, -0.25) is 14.2 Å². The van der Waals surface area contributed by atoms with Gasteiger partial charge in [-0.2, -0.15) is 4.39 Å². The zero-order chi connectivity index (χ0) is 18.3. The third-order valence-corrected chi connectivity index (χ3v) is 4.82. The van der Waals surface area contributed by atoms with E-state index in [1.165, 1.54) is 9.30 Å². The Bertz CT molecular complexity index is 957. The number of halogens is 1. The normalized spacial score (nSPS) is 20.0. The number of fused-ring (bicyclic) bond motifs is 1. The number of aliphatic hydroxyl groups excluding tert-OH is 1. The summed E-state index contributed by atoms with van der Waals surface area (Å²) in [5.41, 5.74) is 1.99. The third kappa shape index (κ3) is 2.94. The Balaban J connectivity index is 1.55. The minimum Gasteiger partial charge on any atom is -0.391 e. The van der Waals surface area contributed by atoms with Crippen LogP contribution in [-0.2, 0) is 6.42 Å². The van der Waals surface area contributed by atoms with Crippen LogP contribution >= 0.6 is 0 Å². The summed E-state index contributed by atoms with van der Waals surface area (Å²) in [6.07, 6.45) is 3.17. The molecule has 3 aromatic rings. The summed E-state index contributed by atoms with van der Waals surface area (Å²) in [5.74, 6) is -1.30. The van der Waals surface area contributed by atoms with Crippen LogP contribution in [0.1, 0.15) is 21.7 Å². The fourth-order valence-corrected chi connectivity index (χ4v) is 3.41. The zero-order valence-corrected chi connectivity index (χ0v) is 14.3. The minimum atomic E-state index is -0.673. The summed E-state index contributed by atoms with van der Waals surface area (Å²) in [6.45, 7) is 2.40. The number of likely N-dealkylation sites (tertiary alicyclic amines) is 1. The average molecular weight is 354 g/mol. The second-order valence-corrected chi connectivity index (χ2v) is 6.75. The lowest BCUT2D eigenvalue weighted by atomic mass is 10.00. The molecule has 4 rings (SSSR count). The Morgan fingerprint density at radius 1 is 1.35 bits per heavy atom. The summed E-state index contributed by atoms with van der Waals surface area (Å²) in [6, 6.07) is 9.09. The van der Waals surface area contributed by atoms with Crippen molar-refractivity contribution in [3.8, 4) is 0 Å². The molecule has 0 aromatic carbocycles. The van der Waals surface area contributed by atoms with Crippen LogP contribution in [0.25, 0.3) is 5.65 Å². The molecule has 7 heteroatoms. The number of rotatable bonds is 3. The predicted molar refractivity (Wildman–Crippen MR) is 93.2 cm³/mol. The monoisotopic (exact) mass is 354 g/mol. The molecule has 1 amide bonds. The summed E-state index contributed by atoms with van der Waals surface area (Å²) in [4.78, 5) is 22.6. The number of imidazole rings is 1. The van der Waals surface area contributed by atoms with Crippen molar-refractivity contribution in [2.45, 2.75) is 19.4 Å². The van der Waals surface area contributed by atoms with Crippen LogP contribution in [0.2, 0.25) is 0 Å². The molecule has 26 heavy (non-hydrogen) atoms. The van der Waals surface area contributed by atoms with E-state index in [9.17, 15) is 14.3 Å². The van der Waals surface area contributed by atoms with Gasteiger partial charge in [0.2, 0.25) is 5.95 Å². The van der Waals surface area contributed by atoms with Gasteiger partial charge in [-0.1, -0.05) is 6.07 Å². The number of β-amino-alcohol motifs (C(OH)–C–C–N with tert-alkyl or cyclic N) is 1. The van der Waals surface area contributed by atoms with Gasteiger partial charge in [0.1, 0.15) is 5.65 Å². The van der Waals surface area contributed by atoms with Crippen molar-refractivity contribution in [3.63, 3.8) is 0 Å². The van der Waals surface area contributed by atoms with Crippen LogP contribution < -0.4 is 0 Å². The van der Waals surface area contributed by atoms with Gasteiger partial charge in [0.15, 0.2) is 5.69 Å². The van der Waals surface area contributed by atoms with E-state index in [4.69, 9.17) is 0 Å². The van der Waals surface area contributed by atoms with Gasteiger partial charge in [-0.15, -0.1) is 0 Å². The van der Waals surface area contributed by atoms with E-state index in [0.717, 1.165) is 11.3 Å². The lowest BCUT2D eigenvalue weighted by molar-refractivity contribution is 0.0754. The first-order valence-corrected chi connectivity index (χ1v) is 8.54. The standard InChI is InChI=1S/C19H19FN4O2/c1-12-5-7-24-16(8-12)22-17(18(24)20)19(26)23-10-13(15(25)11-23)9-14-4-2-3-6-21-14/h2-8,13,15,25H,9-11H2,1H3/t13-,15-/m1/s1. The number of hydrogen-bond acceptors (Lipinski definition) is 4. The topological polar surface area (TPSA) is 70.7 Å². The number of nitrogens with zero attached hydrogens (tertiary/aromatic N) is 4. The highest BCUT2D eigenvalue weighted by atomic mass is 19.1. The quantitative estimate of drug-likeness (QED) is 0.779. The molecule has 4 heterocycles. The van der Waals surface area contributed by atoms with Gasteiger partial charge < -0.3 is 10.0 Å². The maximum Gasteiger partial charge on any atom is 0.277 e. The molecule has 0 unspecified atom stereocenters. The number of carbonyl (C=O) groups is 1. The molecule has 134 valence electrons. The van der Waals surface area contributed by atoms with E-state index in [0.29, 0.717) is 18.6 Å². The maximum atomic E-state index is 14.6. The van der Waals surface area contributed by atoms with Crippen LogP contribution in [-0.4, -0.2) is 49.5 Å². The van der Waals surface area contributed by atoms with Gasteiger partial charge in [-0.05, 0) is 43.2 Å². The first-order valence-electron chi connectivity index (χ1n) is 8.54. The first-order chi connectivity index (χ1) is 12.5. The lowest BCUT2D eigenvalue weighted by Crippen LogP contribution is -2.30. The smallest absolute Gasteiger partial charge is 0.277 e. The van der Waals surface area contributed by atoms with Crippen molar-refractivity contribution >= 4 is 11.6 Å². The Kier molecular flexibility index (Phi) is 4.16. The van der Waals surface area contributed by atoms with Crippen molar-refractivity contribution in [1.29, 1.82) is 0 Å². The molecule has 0 saturated carbocycles. The lowest BCUT2D eigenvalue weighted by Gasteiger charge is -2.14. The molecule has 0 bridgehead atoms. The molecule has 1 N–H and O–H groups in total. The van der Waals surface area contributed by atoms with E-state index < -0.39 is 18.0 Å². The zero-order valence-electron chi connectivity index (χ0n) is 14.3. The molecule has 1 aliphatic heterocycles. The molecule has 1 saturated heterocycles. The second kappa shape index (κ2) is 6.49. The van der Waals surface area contributed by atoms with E-state index in [-0.39, 0.29) is 18.2 Å². The van der Waals surface area contributed by atoms with Crippen LogP contribution in [0.4, 0.5) is 4.39 Å². The minimum absolute atomic E-state index is 0.129. The van der Waals surface area contributed by atoms with Crippen molar-refractivity contribution in [1.82, 2.24) is 19.3 Å². The van der Waals surface area contributed by atoms with Gasteiger partial charge in [0.25, 0.3) is 5.91 Å². The van der Waals surface area contributed by atoms with Crippen molar-refractivity contribution in [2.75, 3.05) is 13.1 Å². The molecule has 3 aromatic heterocycles. The van der Waals surface area contributed by atoms with Crippen molar-refractivity contribution in [3.05, 3.63) is 65.6 Å². The Morgan fingerprint density at radius 2 is 2.19 bits per heavy atom. The fourth-order valence-electron chi connectivity index (χ4n) is 3.41.